The minimum atomic E-state index is -1.43. The lowest BCUT2D eigenvalue weighted by Crippen LogP contribution is -2.30. The molecule has 2 aromatic carbocycles. The van der Waals surface area contributed by atoms with Crippen LogP contribution in [0.2, 0.25) is 0 Å². The fraction of sp³-hybridized carbons (Fsp3) is 0.316. The Bertz CT molecular complexity index is 808. The topological polar surface area (TPSA) is 98.0 Å². The highest BCUT2D eigenvalue weighted by molar-refractivity contribution is 5.68. The van der Waals surface area contributed by atoms with Gasteiger partial charge < -0.3 is 20.4 Å². The molecule has 0 fully saturated rings. The molecular weight excluding hydrogens is 308 g/mol. The second-order valence-corrected chi connectivity index (χ2v) is 6.72. The van der Waals surface area contributed by atoms with Gasteiger partial charge in [-0.05, 0) is 29.7 Å². The fourth-order valence-electron chi connectivity index (χ4n) is 3.40. The van der Waals surface area contributed by atoms with E-state index in [1.807, 2.05) is 12.1 Å². The monoisotopic (exact) mass is 328 g/mol. The van der Waals surface area contributed by atoms with Crippen molar-refractivity contribution >= 4 is 5.97 Å². The van der Waals surface area contributed by atoms with Crippen molar-refractivity contribution in [2.24, 2.45) is 0 Å². The van der Waals surface area contributed by atoms with Crippen molar-refractivity contribution in [3.05, 3.63) is 58.1 Å². The summed E-state index contributed by atoms with van der Waals surface area (Å²) in [5.41, 5.74) is 2.65. The number of aromatic hydroxyl groups is 2. The van der Waals surface area contributed by atoms with Crippen LogP contribution in [0.15, 0.2) is 30.3 Å². The summed E-state index contributed by atoms with van der Waals surface area (Å²) in [5.74, 6) is -0.722. The van der Waals surface area contributed by atoms with Gasteiger partial charge in [-0.25, -0.2) is 0 Å². The summed E-state index contributed by atoms with van der Waals surface area (Å²) >= 11 is 0. The zero-order valence-electron chi connectivity index (χ0n) is 13.4. The van der Waals surface area contributed by atoms with Crippen LogP contribution in [-0.2, 0) is 24.1 Å². The first-order valence-corrected chi connectivity index (χ1v) is 7.83. The molecule has 0 amide bonds. The van der Waals surface area contributed by atoms with E-state index in [-0.39, 0.29) is 24.3 Å². The number of hydrogen-bond acceptors (Lipinski definition) is 4. The highest BCUT2D eigenvalue weighted by atomic mass is 16.4. The van der Waals surface area contributed by atoms with Gasteiger partial charge in [0.25, 0.3) is 0 Å². The number of rotatable bonds is 4. The van der Waals surface area contributed by atoms with Crippen LogP contribution in [0, 0.1) is 0 Å². The van der Waals surface area contributed by atoms with Crippen LogP contribution in [0.3, 0.4) is 0 Å². The maximum Gasteiger partial charge on any atom is 0.306 e. The van der Waals surface area contributed by atoms with E-state index < -0.39 is 11.6 Å². The van der Waals surface area contributed by atoms with Gasteiger partial charge in [0, 0.05) is 30.4 Å². The van der Waals surface area contributed by atoms with Crippen LogP contribution >= 0.6 is 0 Å². The van der Waals surface area contributed by atoms with Crippen molar-refractivity contribution in [3.63, 3.8) is 0 Å². The number of hydrogen-bond donors (Lipinski definition) is 4. The fourth-order valence-corrected chi connectivity index (χ4v) is 3.40. The molecule has 0 bridgehead atoms. The number of aliphatic hydroxyl groups is 1. The molecule has 0 saturated carbocycles. The van der Waals surface area contributed by atoms with E-state index in [9.17, 15) is 20.1 Å². The van der Waals surface area contributed by atoms with Crippen molar-refractivity contribution in [3.8, 4) is 11.5 Å². The Labute approximate surface area is 139 Å². The van der Waals surface area contributed by atoms with Gasteiger partial charge in [-0.2, -0.15) is 0 Å². The largest absolute Gasteiger partial charge is 0.508 e. The van der Waals surface area contributed by atoms with Crippen molar-refractivity contribution in [2.45, 2.75) is 38.2 Å². The molecular formula is C19H20O5. The first-order chi connectivity index (χ1) is 11.3. The van der Waals surface area contributed by atoms with Crippen LogP contribution in [0.25, 0.3) is 0 Å². The Hall–Kier alpha value is -2.53. The molecule has 0 spiro atoms. The predicted octanol–water partition coefficient (Wildman–Crippen LogP) is 2.36. The molecule has 0 heterocycles. The van der Waals surface area contributed by atoms with Gasteiger partial charge in [-0.15, -0.1) is 0 Å². The Kier molecular flexibility index (Phi) is 3.97. The Morgan fingerprint density at radius 2 is 1.75 bits per heavy atom. The lowest BCUT2D eigenvalue weighted by molar-refractivity contribution is -0.141. The van der Waals surface area contributed by atoms with Crippen LogP contribution in [-0.4, -0.2) is 32.0 Å². The minimum Gasteiger partial charge on any atom is -0.508 e. The maximum atomic E-state index is 10.8. The van der Waals surface area contributed by atoms with E-state index in [1.54, 1.807) is 18.2 Å². The molecule has 5 nitrogen and oxygen atoms in total. The van der Waals surface area contributed by atoms with Crippen LogP contribution in [0.1, 0.15) is 41.2 Å². The maximum absolute atomic E-state index is 10.8. The van der Waals surface area contributed by atoms with Gasteiger partial charge in [0.05, 0.1) is 12.0 Å². The summed E-state index contributed by atoms with van der Waals surface area (Å²) < 4.78 is 0. The van der Waals surface area contributed by atoms with Crippen LogP contribution in [0.4, 0.5) is 0 Å². The quantitative estimate of drug-likeness (QED) is 0.589. The number of carbonyl (C=O) groups is 1. The lowest BCUT2D eigenvalue weighted by atomic mass is 9.82. The SMILES string of the molecule is CC(O)(CC(=O)O)Cc1ccc2c(c1O)Cc1cccc(O)c1C2. The van der Waals surface area contributed by atoms with Gasteiger partial charge in [-0.1, -0.05) is 24.3 Å². The Morgan fingerprint density at radius 1 is 1.08 bits per heavy atom. The number of fused-ring (bicyclic) bond motifs is 2. The molecule has 3 rings (SSSR count). The van der Waals surface area contributed by atoms with Crippen molar-refractivity contribution in [1.29, 1.82) is 0 Å². The van der Waals surface area contributed by atoms with Gasteiger partial charge in [-0.3, -0.25) is 4.79 Å². The zero-order chi connectivity index (χ0) is 17.5. The van der Waals surface area contributed by atoms with Crippen molar-refractivity contribution < 1.29 is 25.2 Å². The molecule has 0 aromatic heterocycles. The van der Waals surface area contributed by atoms with Gasteiger partial charge in [0.1, 0.15) is 11.5 Å². The van der Waals surface area contributed by atoms with E-state index in [2.05, 4.69) is 0 Å². The van der Waals surface area contributed by atoms with Gasteiger partial charge >= 0.3 is 5.97 Å². The molecule has 0 aliphatic heterocycles. The lowest BCUT2D eigenvalue weighted by Gasteiger charge is -2.25. The normalized spacial score (nSPS) is 15.2. The molecule has 0 saturated heterocycles. The zero-order valence-corrected chi connectivity index (χ0v) is 13.4. The molecule has 4 N–H and O–H groups in total. The molecule has 126 valence electrons. The summed E-state index contributed by atoms with van der Waals surface area (Å²) in [5, 5.41) is 39.7. The molecule has 1 aliphatic carbocycles. The molecule has 24 heavy (non-hydrogen) atoms. The standard InChI is InChI=1S/C19H20O5/c1-19(24,10-17(21)22)9-13-6-5-12-7-14-11(3-2-4-16(14)20)8-15(12)18(13)23/h2-6,20,23-24H,7-10H2,1H3,(H,21,22). The number of phenolic OH excluding ortho intramolecular Hbond substituents is 2. The van der Waals surface area contributed by atoms with E-state index in [0.717, 1.165) is 22.3 Å². The predicted molar refractivity (Wildman–Crippen MR) is 88.4 cm³/mol. The van der Waals surface area contributed by atoms with E-state index in [1.165, 1.54) is 6.92 Å². The highest BCUT2D eigenvalue weighted by Gasteiger charge is 2.28. The van der Waals surface area contributed by atoms with Crippen molar-refractivity contribution in [1.82, 2.24) is 0 Å². The molecule has 0 radical (unpaired) electrons. The number of carboxylic acid groups (broad SMARTS) is 1. The molecule has 1 unspecified atom stereocenters. The molecule has 2 aromatic rings. The number of phenols is 2. The van der Waals surface area contributed by atoms with Crippen molar-refractivity contribution in [2.75, 3.05) is 0 Å². The Balaban J connectivity index is 1.93. The molecule has 1 aliphatic rings. The summed E-state index contributed by atoms with van der Waals surface area (Å²) in [4.78, 5) is 10.8. The summed E-state index contributed by atoms with van der Waals surface area (Å²) in [6.45, 7) is 1.45. The highest BCUT2D eigenvalue weighted by Crippen LogP contribution is 2.38. The second kappa shape index (κ2) is 5.83. The average Bonchev–Trinajstić information content (AvgIpc) is 2.48. The third-order valence-electron chi connectivity index (χ3n) is 4.55. The second-order valence-electron chi connectivity index (χ2n) is 6.72. The van der Waals surface area contributed by atoms with Gasteiger partial charge in [0.15, 0.2) is 0 Å². The number of benzene rings is 2. The van der Waals surface area contributed by atoms with E-state index in [4.69, 9.17) is 5.11 Å². The van der Waals surface area contributed by atoms with Crippen LogP contribution < -0.4 is 0 Å². The van der Waals surface area contributed by atoms with E-state index >= 15 is 0 Å². The number of carboxylic acids is 1. The van der Waals surface area contributed by atoms with Gasteiger partial charge in [0.2, 0.25) is 0 Å². The first-order valence-electron chi connectivity index (χ1n) is 7.83. The van der Waals surface area contributed by atoms with E-state index in [0.29, 0.717) is 18.4 Å². The van der Waals surface area contributed by atoms with Crippen LogP contribution in [0.5, 0.6) is 11.5 Å². The Morgan fingerprint density at radius 3 is 2.46 bits per heavy atom. The first kappa shape index (κ1) is 16.3. The third-order valence-corrected chi connectivity index (χ3v) is 4.55. The molecule has 1 atom stereocenters. The summed E-state index contributed by atoms with van der Waals surface area (Å²) in [7, 11) is 0. The summed E-state index contributed by atoms with van der Waals surface area (Å²) in [6, 6.07) is 8.94. The minimum absolute atomic E-state index is 0.0608. The number of aliphatic carboxylic acids is 1. The summed E-state index contributed by atoms with van der Waals surface area (Å²) in [6.07, 6.45) is 0.710. The smallest absolute Gasteiger partial charge is 0.306 e. The molecule has 5 heteroatoms. The third kappa shape index (κ3) is 3.08. The average molecular weight is 328 g/mol.